The van der Waals surface area contributed by atoms with Crippen molar-refractivity contribution in [2.24, 2.45) is 13.0 Å². The lowest BCUT2D eigenvalue weighted by molar-refractivity contribution is -0.662. The summed E-state index contributed by atoms with van der Waals surface area (Å²) in [6.07, 6.45) is 4.35. The van der Waals surface area contributed by atoms with Gasteiger partial charge in [-0.2, -0.15) is 0 Å². The van der Waals surface area contributed by atoms with E-state index in [1.165, 1.54) is 44.6 Å². The van der Waals surface area contributed by atoms with Crippen molar-refractivity contribution in [3.05, 3.63) is 70.5 Å². The normalized spacial score (nSPS) is 12.4. The molecule has 0 unspecified atom stereocenters. The highest BCUT2D eigenvalue weighted by atomic mass is 15.0. The Kier molecular flexibility index (Phi) is 4.14. The molecule has 1 aromatic heterocycles. The number of hydrogen-bond acceptors (Lipinski definition) is 1. The number of rotatable bonds is 3. The SMILES string of the molecule is Cc1ccc(C)c(-c2nc3c(c[n+]2C)-c2cccc(CC(C)C)c2C3)c1. The van der Waals surface area contributed by atoms with Crippen LogP contribution in [0, 0.1) is 19.8 Å². The Bertz CT molecular complexity index is 999. The topological polar surface area (TPSA) is 16.8 Å². The van der Waals surface area contributed by atoms with Crippen LogP contribution in [0.15, 0.2) is 42.6 Å². The third kappa shape index (κ3) is 2.84. The molecule has 0 amide bonds. The molecule has 1 heterocycles. The van der Waals surface area contributed by atoms with E-state index in [-0.39, 0.29) is 0 Å². The molecule has 3 aromatic rings. The molecule has 4 rings (SSSR count). The van der Waals surface area contributed by atoms with E-state index in [2.05, 4.69) is 81.9 Å². The fourth-order valence-electron chi connectivity index (χ4n) is 4.08. The molecule has 0 N–H and O–H groups in total. The zero-order valence-electron chi connectivity index (χ0n) is 16.4. The van der Waals surface area contributed by atoms with Crippen molar-refractivity contribution in [1.29, 1.82) is 0 Å². The van der Waals surface area contributed by atoms with Crippen molar-refractivity contribution in [3.8, 4) is 22.5 Å². The maximum atomic E-state index is 5.12. The van der Waals surface area contributed by atoms with E-state index in [1.807, 2.05) is 0 Å². The van der Waals surface area contributed by atoms with Crippen LogP contribution >= 0.6 is 0 Å². The summed E-state index contributed by atoms with van der Waals surface area (Å²) in [5.41, 5.74) is 10.6. The first-order chi connectivity index (χ1) is 12.4. The lowest BCUT2D eigenvalue weighted by Gasteiger charge is -2.10. The van der Waals surface area contributed by atoms with Gasteiger partial charge < -0.3 is 0 Å². The molecule has 0 spiro atoms. The minimum absolute atomic E-state index is 0.666. The highest BCUT2D eigenvalue weighted by Gasteiger charge is 2.29. The van der Waals surface area contributed by atoms with Crippen LogP contribution in [0.1, 0.15) is 41.8 Å². The van der Waals surface area contributed by atoms with Crippen LogP contribution in [0.5, 0.6) is 0 Å². The standard InChI is InChI=1S/C24H27N2/c1-15(2)11-18-7-6-8-19-21(18)13-23-22(19)14-26(5)24(25-23)20-12-16(3)9-10-17(20)4/h6-10,12,14-15H,11,13H2,1-5H3/q+1. The number of benzene rings is 2. The molecule has 1 aliphatic carbocycles. The van der Waals surface area contributed by atoms with Gasteiger partial charge in [0.1, 0.15) is 6.20 Å². The Morgan fingerprint density at radius 1 is 1.04 bits per heavy atom. The summed E-state index contributed by atoms with van der Waals surface area (Å²) < 4.78 is 2.19. The maximum absolute atomic E-state index is 5.12. The van der Waals surface area contributed by atoms with E-state index in [9.17, 15) is 0 Å². The van der Waals surface area contributed by atoms with Gasteiger partial charge in [0.2, 0.25) is 0 Å². The first-order valence-corrected chi connectivity index (χ1v) is 9.52. The summed E-state index contributed by atoms with van der Waals surface area (Å²) in [5, 5.41) is 0. The van der Waals surface area contributed by atoms with Gasteiger partial charge in [0.25, 0.3) is 0 Å². The molecule has 0 atom stereocenters. The smallest absolute Gasteiger partial charge is 0.232 e. The number of aryl methyl sites for hydroxylation is 3. The number of fused-ring (bicyclic) bond motifs is 3. The number of aromatic nitrogens is 2. The Balaban J connectivity index is 1.84. The zero-order valence-corrected chi connectivity index (χ0v) is 16.4. The van der Waals surface area contributed by atoms with E-state index in [4.69, 9.17) is 4.98 Å². The number of hydrogen-bond donors (Lipinski definition) is 0. The predicted octanol–water partition coefficient (Wildman–Crippen LogP) is 4.96. The van der Waals surface area contributed by atoms with Crippen LogP contribution in [-0.4, -0.2) is 4.98 Å². The average Bonchev–Trinajstić information content (AvgIpc) is 2.95. The molecule has 2 aromatic carbocycles. The lowest BCUT2D eigenvalue weighted by Crippen LogP contribution is -2.33. The third-order valence-corrected chi connectivity index (χ3v) is 5.38. The summed E-state index contributed by atoms with van der Waals surface area (Å²) >= 11 is 0. The van der Waals surface area contributed by atoms with Crippen LogP contribution in [-0.2, 0) is 19.9 Å². The largest absolute Gasteiger partial charge is 0.330 e. The van der Waals surface area contributed by atoms with E-state index < -0.39 is 0 Å². The van der Waals surface area contributed by atoms with Crippen molar-refractivity contribution in [2.45, 2.75) is 40.5 Å². The third-order valence-electron chi connectivity index (χ3n) is 5.38. The molecule has 1 aliphatic rings. The van der Waals surface area contributed by atoms with E-state index in [0.717, 1.165) is 18.7 Å². The summed E-state index contributed by atoms with van der Waals surface area (Å²) in [6.45, 7) is 8.89. The quantitative estimate of drug-likeness (QED) is 0.480. The molecule has 0 radical (unpaired) electrons. The highest BCUT2D eigenvalue weighted by Crippen LogP contribution is 2.38. The molecule has 2 heteroatoms. The molecule has 0 saturated heterocycles. The van der Waals surface area contributed by atoms with Crippen molar-refractivity contribution >= 4 is 0 Å². The first kappa shape index (κ1) is 17.0. The van der Waals surface area contributed by atoms with Gasteiger partial charge in [-0.05, 0) is 59.5 Å². The Labute approximate surface area is 156 Å². The fourth-order valence-corrected chi connectivity index (χ4v) is 4.08. The lowest BCUT2D eigenvalue weighted by atomic mass is 9.95. The van der Waals surface area contributed by atoms with Gasteiger partial charge in [0.15, 0.2) is 5.69 Å². The van der Waals surface area contributed by atoms with Crippen LogP contribution < -0.4 is 4.57 Å². The summed E-state index contributed by atoms with van der Waals surface area (Å²) in [5.74, 6) is 1.72. The van der Waals surface area contributed by atoms with Gasteiger partial charge in [-0.25, -0.2) is 4.57 Å². The maximum Gasteiger partial charge on any atom is 0.330 e. The van der Waals surface area contributed by atoms with Gasteiger partial charge in [0.05, 0.1) is 18.2 Å². The van der Waals surface area contributed by atoms with Crippen molar-refractivity contribution in [2.75, 3.05) is 0 Å². The van der Waals surface area contributed by atoms with Crippen molar-refractivity contribution in [1.82, 2.24) is 4.98 Å². The Morgan fingerprint density at radius 2 is 1.85 bits per heavy atom. The van der Waals surface area contributed by atoms with Crippen LogP contribution in [0.4, 0.5) is 0 Å². The van der Waals surface area contributed by atoms with E-state index in [0.29, 0.717) is 5.92 Å². The van der Waals surface area contributed by atoms with Crippen LogP contribution in [0.25, 0.3) is 22.5 Å². The molecule has 132 valence electrons. The molecular formula is C24H27N2+. The monoisotopic (exact) mass is 343 g/mol. The van der Waals surface area contributed by atoms with Gasteiger partial charge in [0, 0.05) is 6.42 Å². The minimum Gasteiger partial charge on any atom is -0.232 e. The van der Waals surface area contributed by atoms with Crippen molar-refractivity contribution in [3.63, 3.8) is 0 Å². The van der Waals surface area contributed by atoms with Gasteiger partial charge in [-0.3, -0.25) is 0 Å². The fraction of sp³-hybridized carbons (Fsp3) is 0.333. The molecule has 0 aliphatic heterocycles. The molecule has 2 nitrogen and oxygen atoms in total. The van der Waals surface area contributed by atoms with Gasteiger partial charge in [-0.1, -0.05) is 49.7 Å². The molecule has 0 bridgehead atoms. The molecule has 26 heavy (non-hydrogen) atoms. The summed E-state index contributed by atoms with van der Waals surface area (Å²) in [7, 11) is 2.11. The second kappa shape index (κ2) is 6.35. The van der Waals surface area contributed by atoms with Crippen molar-refractivity contribution < 1.29 is 4.57 Å². The Hall–Kier alpha value is -2.48. The van der Waals surface area contributed by atoms with Crippen LogP contribution in [0.3, 0.4) is 0 Å². The highest BCUT2D eigenvalue weighted by molar-refractivity contribution is 5.76. The average molecular weight is 343 g/mol. The van der Waals surface area contributed by atoms with Gasteiger partial charge >= 0.3 is 5.82 Å². The Morgan fingerprint density at radius 3 is 2.62 bits per heavy atom. The molecule has 0 saturated carbocycles. The summed E-state index contributed by atoms with van der Waals surface area (Å²) in [4.78, 5) is 5.12. The van der Waals surface area contributed by atoms with E-state index >= 15 is 0 Å². The van der Waals surface area contributed by atoms with Gasteiger partial charge in [-0.15, -0.1) is 0 Å². The van der Waals surface area contributed by atoms with Crippen LogP contribution in [0.2, 0.25) is 0 Å². The molecular weight excluding hydrogens is 316 g/mol. The second-order valence-electron chi connectivity index (χ2n) is 8.07. The first-order valence-electron chi connectivity index (χ1n) is 9.52. The second-order valence-corrected chi connectivity index (χ2v) is 8.07. The predicted molar refractivity (Wildman–Crippen MR) is 107 cm³/mol. The summed E-state index contributed by atoms with van der Waals surface area (Å²) in [6, 6.07) is 13.3. The van der Waals surface area contributed by atoms with E-state index in [1.54, 1.807) is 0 Å². The minimum atomic E-state index is 0.666. The molecule has 0 fully saturated rings. The number of nitrogens with zero attached hydrogens (tertiary/aromatic N) is 2. The zero-order chi connectivity index (χ0) is 18.4.